The van der Waals surface area contributed by atoms with Crippen molar-refractivity contribution < 1.29 is 14.6 Å². The summed E-state index contributed by atoms with van der Waals surface area (Å²) in [7, 11) is 1.67. The van der Waals surface area contributed by atoms with Crippen molar-refractivity contribution in [2.45, 2.75) is 39.5 Å². The number of fused-ring (bicyclic) bond motifs is 1. The molecule has 1 N–H and O–H groups in total. The van der Waals surface area contributed by atoms with Crippen LogP contribution < -0.4 is 15.0 Å². The van der Waals surface area contributed by atoms with Gasteiger partial charge in [0.25, 0.3) is 5.56 Å². The molecule has 5 nitrogen and oxygen atoms in total. The number of nitrogens with zero attached hydrogens (tertiary/aromatic N) is 1. The second-order valence-electron chi connectivity index (χ2n) is 5.56. The Balaban J connectivity index is 2.32. The number of hydrogen-bond donors (Lipinski definition) is 1. The molecule has 0 bridgehead atoms. The Labute approximate surface area is 136 Å². The van der Waals surface area contributed by atoms with Gasteiger partial charge in [-0.1, -0.05) is 26.2 Å². The van der Waals surface area contributed by atoms with E-state index in [4.69, 9.17) is 9.47 Å². The van der Waals surface area contributed by atoms with Crippen LogP contribution in [-0.4, -0.2) is 22.9 Å². The van der Waals surface area contributed by atoms with Crippen LogP contribution in [0.1, 0.15) is 39.5 Å². The van der Waals surface area contributed by atoms with Crippen molar-refractivity contribution in [3.63, 3.8) is 0 Å². The molecule has 1 aromatic heterocycles. The van der Waals surface area contributed by atoms with Crippen LogP contribution in [0.15, 0.2) is 23.0 Å². The van der Waals surface area contributed by atoms with E-state index < -0.39 is 0 Å². The van der Waals surface area contributed by atoms with Crippen LogP contribution in [0.25, 0.3) is 10.9 Å². The van der Waals surface area contributed by atoms with Gasteiger partial charge in [0.15, 0.2) is 5.75 Å². The molecule has 0 fully saturated rings. The third-order valence-corrected chi connectivity index (χ3v) is 3.85. The molecular formula is C18H25NO4. The second kappa shape index (κ2) is 7.90. The average Bonchev–Trinajstić information content (AvgIpc) is 2.55. The van der Waals surface area contributed by atoms with E-state index in [1.54, 1.807) is 25.2 Å². The van der Waals surface area contributed by atoms with E-state index in [2.05, 4.69) is 6.92 Å². The van der Waals surface area contributed by atoms with E-state index in [-0.39, 0.29) is 17.1 Å². The molecule has 0 unspecified atom stereocenters. The summed E-state index contributed by atoms with van der Waals surface area (Å²) in [5.74, 6) is 0.602. The summed E-state index contributed by atoms with van der Waals surface area (Å²) in [6, 6.07) is 5.28. The molecule has 0 atom stereocenters. The van der Waals surface area contributed by atoms with Crippen molar-refractivity contribution in [1.29, 1.82) is 0 Å². The fourth-order valence-electron chi connectivity index (χ4n) is 2.56. The first-order valence-electron chi connectivity index (χ1n) is 8.21. The van der Waals surface area contributed by atoms with Crippen LogP contribution in [0.3, 0.4) is 0 Å². The third-order valence-electron chi connectivity index (χ3n) is 3.85. The van der Waals surface area contributed by atoms with E-state index in [1.165, 1.54) is 4.57 Å². The van der Waals surface area contributed by atoms with E-state index >= 15 is 0 Å². The van der Waals surface area contributed by atoms with Crippen LogP contribution in [-0.2, 0) is 7.05 Å². The molecule has 2 aromatic rings. The van der Waals surface area contributed by atoms with Crippen molar-refractivity contribution in [2.75, 3.05) is 13.2 Å². The van der Waals surface area contributed by atoms with Gasteiger partial charge in [0.1, 0.15) is 5.75 Å². The van der Waals surface area contributed by atoms with Crippen molar-refractivity contribution in [3.8, 4) is 17.2 Å². The topological polar surface area (TPSA) is 60.7 Å². The molecule has 126 valence electrons. The fourth-order valence-corrected chi connectivity index (χ4v) is 2.56. The number of aryl methyl sites for hydroxylation is 1. The number of hydrogen-bond acceptors (Lipinski definition) is 4. The van der Waals surface area contributed by atoms with Gasteiger partial charge >= 0.3 is 0 Å². The predicted molar refractivity (Wildman–Crippen MR) is 91.7 cm³/mol. The number of aromatic nitrogens is 1. The number of ether oxygens (including phenoxy) is 2. The molecule has 2 rings (SSSR count). The molecule has 0 saturated heterocycles. The van der Waals surface area contributed by atoms with Crippen molar-refractivity contribution in [1.82, 2.24) is 4.57 Å². The van der Waals surface area contributed by atoms with Gasteiger partial charge in [-0.25, -0.2) is 0 Å². The fraction of sp³-hybridized carbons (Fsp3) is 0.500. The Morgan fingerprint density at radius 1 is 1.13 bits per heavy atom. The minimum absolute atomic E-state index is 0.0284. The lowest BCUT2D eigenvalue weighted by molar-refractivity contribution is 0.285. The van der Waals surface area contributed by atoms with Gasteiger partial charge in [0.2, 0.25) is 5.75 Å². The van der Waals surface area contributed by atoms with Crippen molar-refractivity contribution >= 4 is 10.9 Å². The molecule has 0 aliphatic carbocycles. The monoisotopic (exact) mass is 319 g/mol. The summed E-state index contributed by atoms with van der Waals surface area (Å²) in [5.41, 5.74) is 0.288. The minimum Gasteiger partial charge on any atom is -0.504 e. The maximum Gasteiger partial charge on any atom is 0.297 e. The average molecular weight is 319 g/mol. The van der Waals surface area contributed by atoms with Gasteiger partial charge in [0.05, 0.1) is 18.7 Å². The first-order chi connectivity index (χ1) is 11.1. The van der Waals surface area contributed by atoms with Gasteiger partial charge in [-0.2, -0.15) is 0 Å². The summed E-state index contributed by atoms with van der Waals surface area (Å²) in [6.45, 7) is 5.02. The van der Waals surface area contributed by atoms with Crippen LogP contribution in [0, 0.1) is 0 Å². The van der Waals surface area contributed by atoms with Crippen LogP contribution in [0.4, 0.5) is 0 Å². The predicted octanol–water partition coefficient (Wildman–Crippen LogP) is 3.60. The normalized spacial score (nSPS) is 10.9. The molecule has 23 heavy (non-hydrogen) atoms. The van der Waals surface area contributed by atoms with Crippen LogP contribution >= 0.6 is 0 Å². The Morgan fingerprint density at radius 3 is 2.61 bits per heavy atom. The van der Waals surface area contributed by atoms with E-state index in [9.17, 15) is 9.90 Å². The zero-order valence-corrected chi connectivity index (χ0v) is 14.1. The molecule has 1 heterocycles. The maximum absolute atomic E-state index is 12.4. The zero-order chi connectivity index (χ0) is 16.8. The summed E-state index contributed by atoms with van der Waals surface area (Å²) in [5, 5.41) is 11.0. The number of rotatable bonds is 8. The second-order valence-corrected chi connectivity index (χ2v) is 5.56. The number of aromatic hydroxyl groups is 1. The highest BCUT2D eigenvalue weighted by atomic mass is 16.5. The van der Waals surface area contributed by atoms with Gasteiger partial charge in [-0.3, -0.25) is 4.79 Å². The molecule has 0 aliphatic rings. The molecule has 0 aliphatic heterocycles. The summed E-state index contributed by atoms with van der Waals surface area (Å²) in [6.07, 6.45) is 4.22. The van der Waals surface area contributed by atoms with Gasteiger partial charge in [0, 0.05) is 18.5 Å². The number of pyridine rings is 1. The molecule has 5 heteroatoms. The summed E-state index contributed by atoms with van der Waals surface area (Å²) >= 11 is 0. The van der Waals surface area contributed by atoms with Crippen molar-refractivity contribution in [2.24, 2.45) is 7.05 Å². The van der Waals surface area contributed by atoms with Gasteiger partial charge in [-0.05, 0) is 25.5 Å². The van der Waals surface area contributed by atoms with Crippen LogP contribution in [0.2, 0.25) is 0 Å². The Hall–Kier alpha value is -2.17. The molecular weight excluding hydrogens is 294 g/mol. The molecule has 0 saturated carbocycles. The molecule has 0 spiro atoms. The Kier molecular flexibility index (Phi) is 5.90. The number of unbranched alkanes of at least 4 members (excludes halogenated alkanes) is 3. The lowest BCUT2D eigenvalue weighted by atomic mass is 10.1. The standard InChI is InChI=1S/C18H25NO4/c1-4-6-7-8-11-23-17-16(20)14-10-9-13(22-5-2)12-15(14)19(3)18(17)21/h9-10,12,20H,4-8,11H2,1-3H3. The summed E-state index contributed by atoms with van der Waals surface area (Å²) in [4.78, 5) is 12.4. The van der Waals surface area contributed by atoms with Crippen LogP contribution in [0.5, 0.6) is 17.2 Å². The van der Waals surface area contributed by atoms with Crippen molar-refractivity contribution in [3.05, 3.63) is 28.6 Å². The van der Waals surface area contributed by atoms with E-state index in [0.29, 0.717) is 29.9 Å². The highest BCUT2D eigenvalue weighted by Crippen LogP contribution is 2.33. The molecule has 1 aromatic carbocycles. The van der Waals surface area contributed by atoms with Gasteiger partial charge in [-0.15, -0.1) is 0 Å². The minimum atomic E-state index is -0.334. The molecule has 0 radical (unpaired) electrons. The quantitative estimate of drug-likeness (QED) is 0.755. The first-order valence-corrected chi connectivity index (χ1v) is 8.21. The highest BCUT2D eigenvalue weighted by molar-refractivity contribution is 5.88. The zero-order valence-electron chi connectivity index (χ0n) is 14.1. The van der Waals surface area contributed by atoms with Gasteiger partial charge < -0.3 is 19.1 Å². The lowest BCUT2D eigenvalue weighted by Gasteiger charge is -2.14. The Bertz CT molecular complexity index is 721. The molecule has 0 amide bonds. The smallest absolute Gasteiger partial charge is 0.297 e. The first kappa shape index (κ1) is 17.2. The third kappa shape index (κ3) is 3.78. The van der Waals surface area contributed by atoms with E-state index in [1.807, 2.05) is 6.92 Å². The maximum atomic E-state index is 12.4. The number of benzene rings is 1. The lowest BCUT2D eigenvalue weighted by Crippen LogP contribution is -2.20. The highest BCUT2D eigenvalue weighted by Gasteiger charge is 2.16. The largest absolute Gasteiger partial charge is 0.504 e. The summed E-state index contributed by atoms with van der Waals surface area (Å²) < 4.78 is 12.5. The SMILES string of the molecule is CCCCCCOc1c(O)c2ccc(OCC)cc2n(C)c1=O. The Morgan fingerprint density at radius 2 is 1.91 bits per heavy atom. The van der Waals surface area contributed by atoms with E-state index in [0.717, 1.165) is 25.7 Å².